The average molecular weight is 266 g/mol. The summed E-state index contributed by atoms with van der Waals surface area (Å²) in [6.07, 6.45) is 0.471. The zero-order valence-electron chi connectivity index (χ0n) is 12.0. The molecular weight excluding hydrogens is 244 g/mol. The highest BCUT2D eigenvalue weighted by molar-refractivity contribution is 5.93. The lowest BCUT2D eigenvalue weighted by molar-refractivity contribution is -0.118. The molecule has 1 N–H and O–H groups in total. The third-order valence-electron chi connectivity index (χ3n) is 2.88. The van der Waals surface area contributed by atoms with E-state index in [9.17, 15) is 4.79 Å². The molecule has 0 atom stereocenters. The van der Waals surface area contributed by atoms with Gasteiger partial charge in [-0.15, -0.1) is 0 Å². The second-order valence-electron chi connectivity index (χ2n) is 4.03. The van der Waals surface area contributed by atoms with Gasteiger partial charge in [-0.25, -0.2) is 0 Å². The fourth-order valence-electron chi connectivity index (χ4n) is 1.86. The number of benzene rings is 1. The van der Waals surface area contributed by atoms with Gasteiger partial charge in [-0.05, 0) is 26.1 Å². The Hall–Kier alpha value is -1.75. The van der Waals surface area contributed by atoms with Gasteiger partial charge in [0.15, 0.2) is 11.5 Å². The second kappa shape index (κ2) is 7.63. The molecule has 5 heteroatoms. The van der Waals surface area contributed by atoms with Crippen molar-refractivity contribution in [2.24, 2.45) is 0 Å². The molecule has 0 aliphatic heterocycles. The third kappa shape index (κ3) is 3.86. The third-order valence-corrected chi connectivity index (χ3v) is 2.88. The number of carbonyl (C=O) groups excluding carboxylic acids is 1. The number of amides is 1. The van der Waals surface area contributed by atoms with Crippen LogP contribution in [-0.4, -0.2) is 40.3 Å². The normalized spacial score (nSPS) is 10.1. The number of anilines is 1. The molecule has 1 aromatic carbocycles. The number of rotatable bonds is 7. The smallest absolute Gasteiger partial charge is 0.228 e. The molecule has 106 valence electrons. The number of methoxy groups -OCH3 is 2. The molecule has 0 bridgehead atoms. The van der Waals surface area contributed by atoms with Crippen molar-refractivity contribution in [2.75, 3.05) is 39.3 Å². The second-order valence-corrected chi connectivity index (χ2v) is 4.03. The number of carbonyl (C=O) groups is 1. The first-order chi connectivity index (χ1) is 9.17. The van der Waals surface area contributed by atoms with Crippen molar-refractivity contribution in [3.8, 4) is 11.5 Å². The number of nitrogens with one attached hydrogen (secondary N) is 1. The van der Waals surface area contributed by atoms with Crippen molar-refractivity contribution in [2.45, 2.75) is 13.3 Å². The molecule has 0 aliphatic carbocycles. The molecule has 0 aliphatic rings. The fraction of sp³-hybridized carbons (Fsp3) is 0.500. The lowest BCUT2D eigenvalue weighted by atomic mass is 10.2. The summed E-state index contributed by atoms with van der Waals surface area (Å²) in [5.41, 5.74) is 0.821. The van der Waals surface area contributed by atoms with Crippen LogP contribution in [0.25, 0.3) is 0 Å². The van der Waals surface area contributed by atoms with Crippen molar-refractivity contribution >= 4 is 11.6 Å². The maximum atomic E-state index is 12.1. The van der Waals surface area contributed by atoms with Crippen LogP contribution in [0, 0.1) is 0 Å². The summed E-state index contributed by atoms with van der Waals surface area (Å²) in [6, 6.07) is 5.49. The molecule has 0 spiro atoms. The summed E-state index contributed by atoms with van der Waals surface area (Å²) >= 11 is 0. The molecule has 0 aromatic heterocycles. The van der Waals surface area contributed by atoms with Gasteiger partial charge < -0.3 is 19.7 Å². The molecule has 1 aromatic rings. The minimum atomic E-state index is 0.0871. The topological polar surface area (TPSA) is 50.8 Å². The molecule has 0 fully saturated rings. The molecule has 1 rings (SSSR count). The summed E-state index contributed by atoms with van der Waals surface area (Å²) < 4.78 is 10.4. The van der Waals surface area contributed by atoms with Crippen LogP contribution < -0.4 is 19.7 Å². The molecule has 5 nitrogen and oxygen atoms in total. The van der Waals surface area contributed by atoms with Gasteiger partial charge in [-0.2, -0.15) is 0 Å². The zero-order valence-corrected chi connectivity index (χ0v) is 12.0. The Morgan fingerprint density at radius 1 is 1.26 bits per heavy atom. The Morgan fingerprint density at radius 3 is 2.47 bits per heavy atom. The Morgan fingerprint density at radius 2 is 1.95 bits per heavy atom. The summed E-state index contributed by atoms with van der Waals surface area (Å²) in [7, 11) is 5.01. The lowest BCUT2D eigenvalue weighted by Gasteiger charge is -2.22. The minimum absolute atomic E-state index is 0.0871. The summed E-state index contributed by atoms with van der Waals surface area (Å²) in [6.45, 7) is 3.24. The van der Waals surface area contributed by atoms with E-state index in [0.29, 0.717) is 31.0 Å². The highest BCUT2D eigenvalue weighted by atomic mass is 16.5. The van der Waals surface area contributed by atoms with Gasteiger partial charge in [0.2, 0.25) is 5.91 Å². The number of ether oxygens (including phenoxy) is 2. The van der Waals surface area contributed by atoms with Crippen molar-refractivity contribution in [3.05, 3.63) is 18.2 Å². The van der Waals surface area contributed by atoms with E-state index < -0.39 is 0 Å². The number of hydrogen-bond donors (Lipinski definition) is 1. The largest absolute Gasteiger partial charge is 0.493 e. The highest BCUT2D eigenvalue weighted by Gasteiger charge is 2.15. The van der Waals surface area contributed by atoms with Crippen molar-refractivity contribution in [3.63, 3.8) is 0 Å². The van der Waals surface area contributed by atoms with Crippen LogP contribution in [0.2, 0.25) is 0 Å². The van der Waals surface area contributed by atoms with Crippen LogP contribution in [0.4, 0.5) is 5.69 Å². The van der Waals surface area contributed by atoms with Gasteiger partial charge in [0.1, 0.15) is 0 Å². The van der Waals surface area contributed by atoms with Crippen LogP contribution in [0.5, 0.6) is 11.5 Å². The zero-order chi connectivity index (χ0) is 14.3. The van der Waals surface area contributed by atoms with Gasteiger partial charge >= 0.3 is 0 Å². The Bertz CT molecular complexity index is 421. The standard InChI is InChI=1S/C14H22N2O3/c1-5-16(14(17)8-9-15-2)11-6-7-12(18-3)13(10-11)19-4/h6-7,10,15H,5,8-9H2,1-4H3. The Balaban J connectivity index is 2.95. The van der Waals surface area contributed by atoms with Crippen LogP contribution >= 0.6 is 0 Å². The van der Waals surface area contributed by atoms with Gasteiger partial charge in [0.05, 0.1) is 14.2 Å². The van der Waals surface area contributed by atoms with Crippen molar-refractivity contribution < 1.29 is 14.3 Å². The van der Waals surface area contributed by atoms with Gasteiger partial charge in [0.25, 0.3) is 0 Å². The van der Waals surface area contributed by atoms with Gasteiger partial charge in [-0.1, -0.05) is 0 Å². The van der Waals surface area contributed by atoms with Crippen molar-refractivity contribution in [1.82, 2.24) is 5.32 Å². The first kappa shape index (κ1) is 15.3. The van der Waals surface area contributed by atoms with E-state index in [1.807, 2.05) is 32.2 Å². The monoisotopic (exact) mass is 266 g/mol. The summed E-state index contributed by atoms with van der Waals surface area (Å²) in [5.74, 6) is 1.37. The Labute approximate surface area is 114 Å². The molecule has 1 amide bonds. The number of hydrogen-bond acceptors (Lipinski definition) is 4. The molecule has 0 unspecified atom stereocenters. The van der Waals surface area contributed by atoms with E-state index in [2.05, 4.69) is 5.32 Å². The van der Waals surface area contributed by atoms with E-state index in [-0.39, 0.29) is 5.91 Å². The summed E-state index contributed by atoms with van der Waals surface area (Å²) in [5, 5.41) is 2.98. The number of nitrogens with zero attached hydrogens (tertiary/aromatic N) is 1. The van der Waals surface area contributed by atoms with Crippen LogP contribution in [0.15, 0.2) is 18.2 Å². The summed E-state index contributed by atoms with van der Waals surface area (Å²) in [4.78, 5) is 13.8. The molecule has 0 saturated heterocycles. The minimum Gasteiger partial charge on any atom is -0.493 e. The SMILES string of the molecule is CCN(C(=O)CCNC)c1ccc(OC)c(OC)c1. The fourth-order valence-corrected chi connectivity index (χ4v) is 1.86. The average Bonchev–Trinajstić information content (AvgIpc) is 2.45. The molecule has 0 saturated carbocycles. The highest BCUT2D eigenvalue weighted by Crippen LogP contribution is 2.31. The predicted molar refractivity (Wildman–Crippen MR) is 76.1 cm³/mol. The van der Waals surface area contributed by atoms with E-state index in [1.54, 1.807) is 19.1 Å². The van der Waals surface area contributed by atoms with E-state index >= 15 is 0 Å². The lowest BCUT2D eigenvalue weighted by Crippen LogP contribution is -2.32. The van der Waals surface area contributed by atoms with E-state index in [1.165, 1.54) is 0 Å². The molecule has 19 heavy (non-hydrogen) atoms. The molecule has 0 heterocycles. The first-order valence-corrected chi connectivity index (χ1v) is 6.34. The maximum Gasteiger partial charge on any atom is 0.228 e. The first-order valence-electron chi connectivity index (χ1n) is 6.34. The van der Waals surface area contributed by atoms with E-state index in [4.69, 9.17) is 9.47 Å². The maximum absolute atomic E-state index is 12.1. The molecular formula is C14H22N2O3. The quantitative estimate of drug-likeness (QED) is 0.815. The molecule has 0 radical (unpaired) electrons. The van der Waals surface area contributed by atoms with Crippen molar-refractivity contribution in [1.29, 1.82) is 0 Å². The predicted octanol–water partition coefficient (Wildman–Crippen LogP) is 1.67. The van der Waals surface area contributed by atoms with Crippen LogP contribution in [-0.2, 0) is 4.79 Å². The Kier molecular flexibility index (Phi) is 6.15. The van der Waals surface area contributed by atoms with Gasteiger partial charge in [-0.3, -0.25) is 4.79 Å². The van der Waals surface area contributed by atoms with E-state index in [0.717, 1.165) is 5.69 Å². The van der Waals surface area contributed by atoms with Gasteiger partial charge in [0, 0.05) is 31.3 Å². The van der Waals surface area contributed by atoms with Crippen LogP contribution in [0.1, 0.15) is 13.3 Å². The van der Waals surface area contributed by atoms with Crippen LogP contribution in [0.3, 0.4) is 0 Å².